The van der Waals surface area contributed by atoms with Crippen LogP contribution in [-0.2, 0) is 0 Å². The lowest BCUT2D eigenvalue weighted by Gasteiger charge is -2.19. The average molecular weight is 323 g/mol. The van der Waals surface area contributed by atoms with Crippen molar-refractivity contribution in [3.63, 3.8) is 0 Å². The number of rotatable bonds is 3. The first-order valence-electron chi connectivity index (χ1n) is 7.27. The fourth-order valence-electron chi connectivity index (χ4n) is 2.57. The zero-order valence-electron chi connectivity index (χ0n) is 13.0. The van der Waals surface area contributed by atoms with Crippen molar-refractivity contribution < 1.29 is 9.90 Å². The Morgan fingerprint density at radius 3 is 2.32 bits per heavy atom. The van der Waals surface area contributed by atoms with Crippen molar-refractivity contribution in [1.82, 2.24) is 5.32 Å². The van der Waals surface area contributed by atoms with Gasteiger partial charge in [-0.25, -0.2) is 0 Å². The number of carbonyl (C=O) groups is 1. The lowest BCUT2D eigenvalue weighted by Crippen LogP contribution is -2.29. The van der Waals surface area contributed by atoms with Gasteiger partial charge in [0, 0.05) is 6.54 Å². The molecule has 0 atom stereocenters. The maximum absolute atomic E-state index is 12.1. The molecule has 0 saturated heterocycles. The van der Waals surface area contributed by atoms with Crippen LogP contribution in [0.15, 0.2) is 18.2 Å². The molecule has 1 fully saturated rings. The highest BCUT2D eigenvalue weighted by Crippen LogP contribution is 2.24. The minimum atomic E-state index is -0.222. The number of halogens is 1. The minimum Gasteiger partial charge on any atom is -0.508 e. The topological polar surface area (TPSA) is 49.3 Å². The summed E-state index contributed by atoms with van der Waals surface area (Å²) in [7, 11) is 0. The zero-order chi connectivity index (χ0) is 14.4. The van der Waals surface area contributed by atoms with Gasteiger partial charge in [-0.3, -0.25) is 4.79 Å². The molecule has 0 unspecified atom stereocenters. The van der Waals surface area contributed by atoms with Crippen molar-refractivity contribution in [2.24, 2.45) is 0 Å². The first-order chi connectivity index (χ1) is 9.66. The molecule has 1 amide bonds. The van der Waals surface area contributed by atoms with Gasteiger partial charge in [0.1, 0.15) is 5.75 Å². The number of phenols is 1. The molecular weight excluding hydrogens is 298 g/mol. The number of nitrogens with one attached hydrogen (secondary N) is 1. The van der Waals surface area contributed by atoms with Gasteiger partial charge in [0.15, 0.2) is 0 Å². The average Bonchev–Trinajstić information content (AvgIpc) is 2.40. The van der Waals surface area contributed by atoms with E-state index in [9.17, 15) is 9.90 Å². The fraction of sp³-hybridized carbons (Fsp3) is 0.444. The van der Waals surface area contributed by atoms with Gasteiger partial charge in [-0.05, 0) is 37.0 Å². The molecular formula is C18H25ClNO2. The summed E-state index contributed by atoms with van der Waals surface area (Å²) in [6, 6.07) is 4.41. The lowest BCUT2D eigenvalue weighted by molar-refractivity contribution is 0.0953. The van der Waals surface area contributed by atoms with Gasteiger partial charge in [0.2, 0.25) is 0 Å². The van der Waals surface area contributed by atoms with Crippen LogP contribution in [0.3, 0.4) is 0 Å². The normalized spacial score (nSPS) is 15.7. The van der Waals surface area contributed by atoms with Crippen LogP contribution < -0.4 is 5.32 Å². The minimum absolute atomic E-state index is 0. The van der Waals surface area contributed by atoms with Crippen molar-refractivity contribution in [1.29, 1.82) is 0 Å². The fourth-order valence-corrected chi connectivity index (χ4v) is 2.77. The third-order valence-electron chi connectivity index (χ3n) is 3.75. The van der Waals surface area contributed by atoms with Crippen LogP contribution in [0.4, 0.5) is 0 Å². The van der Waals surface area contributed by atoms with Gasteiger partial charge in [0.05, 0.1) is 10.6 Å². The molecule has 0 heterocycles. The number of aromatic hydroxyl groups is 1. The summed E-state index contributed by atoms with van der Waals surface area (Å²) in [6.45, 7) is 0.616. The summed E-state index contributed by atoms with van der Waals surface area (Å²) in [6.07, 6.45) is 8.56. The Morgan fingerprint density at radius 1 is 1.09 bits per heavy atom. The molecule has 1 aromatic rings. The molecule has 5 radical (unpaired) electrons. The lowest BCUT2D eigenvalue weighted by atomic mass is 9.91. The van der Waals surface area contributed by atoms with Crippen molar-refractivity contribution in [2.45, 2.75) is 44.9 Å². The molecule has 0 aliphatic heterocycles. The quantitative estimate of drug-likeness (QED) is 0.843. The van der Waals surface area contributed by atoms with Crippen LogP contribution in [0, 0.1) is 20.8 Å². The maximum atomic E-state index is 12.1. The van der Waals surface area contributed by atoms with Gasteiger partial charge in [0.25, 0.3) is 5.91 Å². The molecule has 1 aliphatic rings. The van der Waals surface area contributed by atoms with Crippen molar-refractivity contribution in [2.75, 3.05) is 6.54 Å². The van der Waals surface area contributed by atoms with Crippen LogP contribution >= 0.6 is 11.6 Å². The standard InChI is InChI=1S/C16H21ClNO2.2CH2/c17-15-9-8-13(19)10-14(15)16(20)18-11-12-6-4-2-1-3-5-7-12;;/h8-10,19H,1-7,11H2,(H,18,20);2*1H2. The molecule has 2 rings (SSSR count). The molecule has 0 bridgehead atoms. The molecule has 1 aliphatic carbocycles. The summed E-state index contributed by atoms with van der Waals surface area (Å²) in [5.41, 5.74) is 0.332. The Labute approximate surface area is 140 Å². The Kier molecular flexibility index (Phi) is 9.91. The number of hydrogen-bond acceptors (Lipinski definition) is 2. The molecule has 0 spiro atoms. The third-order valence-corrected chi connectivity index (χ3v) is 4.08. The first kappa shape index (κ1) is 20.8. The summed E-state index contributed by atoms with van der Waals surface area (Å²) in [5, 5.41) is 12.7. The van der Waals surface area contributed by atoms with Crippen LogP contribution in [0.25, 0.3) is 0 Å². The number of hydrogen-bond donors (Lipinski definition) is 2. The molecule has 121 valence electrons. The van der Waals surface area contributed by atoms with E-state index in [1.54, 1.807) is 0 Å². The second-order valence-electron chi connectivity index (χ2n) is 5.36. The molecule has 3 nitrogen and oxygen atoms in total. The predicted octanol–water partition coefficient (Wildman–Crippen LogP) is 4.75. The Balaban J connectivity index is 0.00000220. The molecule has 2 N–H and O–H groups in total. The van der Waals surface area contributed by atoms with Crippen LogP contribution in [0.1, 0.15) is 55.3 Å². The monoisotopic (exact) mass is 322 g/mol. The van der Waals surface area contributed by atoms with E-state index in [-0.39, 0.29) is 26.5 Å². The Morgan fingerprint density at radius 2 is 1.68 bits per heavy atom. The first-order valence-corrected chi connectivity index (χ1v) is 7.65. The van der Waals surface area contributed by atoms with Crippen molar-refractivity contribution in [3.8, 4) is 5.75 Å². The van der Waals surface area contributed by atoms with E-state index in [0.29, 0.717) is 17.1 Å². The van der Waals surface area contributed by atoms with E-state index in [4.69, 9.17) is 11.6 Å². The van der Waals surface area contributed by atoms with Crippen LogP contribution in [-0.4, -0.2) is 17.6 Å². The van der Waals surface area contributed by atoms with E-state index >= 15 is 0 Å². The smallest absolute Gasteiger partial charge is 0.252 e. The van der Waals surface area contributed by atoms with Crippen LogP contribution in [0.2, 0.25) is 5.02 Å². The summed E-state index contributed by atoms with van der Waals surface area (Å²) in [5.74, 6) is 1.24. The summed E-state index contributed by atoms with van der Waals surface area (Å²) in [4.78, 5) is 12.1. The van der Waals surface area contributed by atoms with Crippen molar-refractivity contribution >= 4 is 17.5 Å². The van der Waals surface area contributed by atoms with Gasteiger partial charge in [-0.15, -0.1) is 0 Å². The van der Waals surface area contributed by atoms with Gasteiger partial charge < -0.3 is 10.4 Å². The number of amides is 1. The highest BCUT2D eigenvalue weighted by molar-refractivity contribution is 6.33. The SMILES string of the molecule is O=C(NC[C]1CCCCCCC1)c1cc(O)ccc1Cl.[CH2].[CH2]. The highest BCUT2D eigenvalue weighted by atomic mass is 35.5. The van der Waals surface area contributed by atoms with E-state index in [1.165, 1.54) is 56.2 Å². The number of benzene rings is 1. The predicted molar refractivity (Wildman–Crippen MR) is 91.7 cm³/mol. The summed E-state index contributed by atoms with van der Waals surface area (Å²) >= 11 is 5.98. The second kappa shape index (κ2) is 10.5. The van der Waals surface area contributed by atoms with Crippen molar-refractivity contribution in [3.05, 3.63) is 49.6 Å². The van der Waals surface area contributed by atoms with E-state index in [2.05, 4.69) is 5.32 Å². The summed E-state index contributed by atoms with van der Waals surface area (Å²) < 4.78 is 0. The zero-order valence-corrected chi connectivity index (χ0v) is 13.8. The molecule has 22 heavy (non-hydrogen) atoms. The van der Waals surface area contributed by atoms with Gasteiger partial charge >= 0.3 is 0 Å². The van der Waals surface area contributed by atoms with E-state index in [0.717, 1.165) is 12.8 Å². The second-order valence-corrected chi connectivity index (χ2v) is 5.77. The Hall–Kier alpha value is -1.22. The highest BCUT2D eigenvalue weighted by Gasteiger charge is 2.15. The van der Waals surface area contributed by atoms with Crippen LogP contribution in [0.5, 0.6) is 5.75 Å². The Bertz CT molecular complexity index is 454. The molecule has 1 aromatic carbocycles. The largest absolute Gasteiger partial charge is 0.508 e. The van der Waals surface area contributed by atoms with E-state index in [1.807, 2.05) is 0 Å². The maximum Gasteiger partial charge on any atom is 0.252 e. The number of phenolic OH excluding ortho intramolecular Hbond substituents is 1. The van der Waals surface area contributed by atoms with Gasteiger partial charge in [-0.2, -0.15) is 0 Å². The number of carbonyl (C=O) groups excluding carboxylic acids is 1. The van der Waals surface area contributed by atoms with E-state index < -0.39 is 0 Å². The third kappa shape index (κ3) is 6.27. The molecule has 1 saturated carbocycles. The van der Waals surface area contributed by atoms with Gasteiger partial charge in [-0.1, -0.05) is 58.6 Å². The molecule has 0 aromatic heterocycles. The molecule has 4 heteroatoms.